The van der Waals surface area contributed by atoms with E-state index in [-0.39, 0.29) is 18.5 Å². The smallest absolute Gasteiger partial charge is 0.325 e. The molecule has 152 valence electrons. The molecule has 2 fully saturated rings. The molecule has 0 radical (unpaired) electrons. The van der Waals surface area contributed by atoms with Crippen molar-refractivity contribution in [2.45, 2.75) is 0 Å². The van der Waals surface area contributed by atoms with Crippen molar-refractivity contribution < 1.29 is 14.3 Å². The van der Waals surface area contributed by atoms with E-state index in [9.17, 15) is 9.59 Å². The fraction of sp³-hybridized carbons (Fsp3) is 0.364. The number of amides is 3. The normalized spacial score (nSPS) is 17.1. The lowest BCUT2D eigenvalue weighted by atomic mass is 10.2. The third kappa shape index (κ3) is 4.13. The van der Waals surface area contributed by atoms with E-state index >= 15 is 0 Å². The van der Waals surface area contributed by atoms with Gasteiger partial charge in [-0.05, 0) is 24.3 Å². The number of piperazine rings is 1. The van der Waals surface area contributed by atoms with Crippen molar-refractivity contribution in [1.29, 1.82) is 0 Å². The monoisotopic (exact) mass is 394 g/mol. The molecule has 0 aliphatic carbocycles. The van der Waals surface area contributed by atoms with E-state index < -0.39 is 0 Å². The molecule has 2 heterocycles. The summed E-state index contributed by atoms with van der Waals surface area (Å²) in [4.78, 5) is 32.9. The maximum absolute atomic E-state index is 12.8. The third-order valence-corrected chi connectivity index (χ3v) is 5.54. The van der Waals surface area contributed by atoms with Crippen LogP contribution in [0.4, 0.5) is 16.2 Å². The first-order valence-electron chi connectivity index (χ1n) is 9.94. The van der Waals surface area contributed by atoms with Crippen LogP contribution in [-0.4, -0.2) is 74.7 Å². The van der Waals surface area contributed by atoms with E-state index in [0.717, 1.165) is 30.2 Å². The molecule has 0 spiro atoms. The van der Waals surface area contributed by atoms with Gasteiger partial charge in [0.15, 0.2) is 0 Å². The van der Waals surface area contributed by atoms with Gasteiger partial charge in [0, 0.05) is 56.7 Å². The quantitative estimate of drug-likeness (QED) is 0.781. The Kier molecular flexibility index (Phi) is 5.55. The highest BCUT2D eigenvalue weighted by Crippen LogP contribution is 2.23. The summed E-state index contributed by atoms with van der Waals surface area (Å²) in [5, 5.41) is 0. The Morgan fingerprint density at radius 1 is 0.897 bits per heavy atom. The maximum atomic E-state index is 12.8. The number of carbonyl (C=O) groups is 2. The summed E-state index contributed by atoms with van der Waals surface area (Å²) in [6.07, 6.45) is 0. The van der Waals surface area contributed by atoms with Gasteiger partial charge in [0.25, 0.3) is 0 Å². The minimum Gasteiger partial charge on any atom is -0.497 e. The fourth-order valence-corrected chi connectivity index (χ4v) is 3.86. The molecule has 2 aromatic rings. The second-order valence-electron chi connectivity index (χ2n) is 7.26. The number of urea groups is 1. The zero-order valence-electron chi connectivity index (χ0n) is 16.7. The van der Waals surface area contributed by atoms with Crippen molar-refractivity contribution in [2.24, 2.45) is 0 Å². The minimum absolute atomic E-state index is 0.0125. The molecule has 7 nitrogen and oxygen atoms in total. The molecule has 2 aliphatic heterocycles. The highest BCUT2D eigenvalue weighted by molar-refractivity contribution is 5.96. The number of rotatable bonds is 5. The van der Waals surface area contributed by atoms with Gasteiger partial charge in [-0.3, -0.25) is 9.69 Å². The summed E-state index contributed by atoms with van der Waals surface area (Å²) in [6, 6.07) is 17.5. The SMILES string of the molecule is COc1cccc(N2CCN(C(=O)CN3CCN(c4ccccc4)C3=O)CC2)c1. The van der Waals surface area contributed by atoms with Gasteiger partial charge in [-0.25, -0.2) is 4.79 Å². The summed E-state index contributed by atoms with van der Waals surface area (Å²) >= 11 is 0. The van der Waals surface area contributed by atoms with Gasteiger partial charge in [-0.2, -0.15) is 0 Å². The van der Waals surface area contributed by atoms with Crippen molar-refractivity contribution in [2.75, 3.05) is 62.7 Å². The molecule has 0 aromatic heterocycles. The van der Waals surface area contributed by atoms with Crippen molar-refractivity contribution >= 4 is 23.3 Å². The van der Waals surface area contributed by atoms with E-state index in [1.165, 1.54) is 0 Å². The molecule has 0 bridgehead atoms. The van der Waals surface area contributed by atoms with E-state index in [1.807, 2.05) is 53.4 Å². The number of anilines is 2. The molecular formula is C22H26N4O3. The molecule has 0 unspecified atom stereocenters. The van der Waals surface area contributed by atoms with Crippen LogP contribution in [0.5, 0.6) is 5.75 Å². The van der Waals surface area contributed by atoms with Crippen LogP contribution in [0.3, 0.4) is 0 Å². The summed E-state index contributed by atoms with van der Waals surface area (Å²) in [6.45, 7) is 4.16. The maximum Gasteiger partial charge on any atom is 0.325 e. The molecule has 0 atom stereocenters. The zero-order chi connectivity index (χ0) is 20.2. The van der Waals surface area contributed by atoms with Gasteiger partial charge in [-0.1, -0.05) is 24.3 Å². The van der Waals surface area contributed by atoms with Crippen LogP contribution in [0.2, 0.25) is 0 Å². The van der Waals surface area contributed by atoms with Crippen LogP contribution >= 0.6 is 0 Å². The number of methoxy groups -OCH3 is 1. The van der Waals surface area contributed by atoms with E-state index in [0.29, 0.717) is 26.2 Å². The molecule has 3 amide bonds. The Bertz CT molecular complexity index is 865. The van der Waals surface area contributed by atoms with Crippen molar-refractivity contribution in [3.05, 3.63) is 54.6 Å². The van der Waals surface area contributed by atoms with Gasteiger partial charge in [-0.15, -0.1) is 0 Å². The van der Waals surface area contributed by atoms with Crippen molar-refractivity contribution in [1.82, 2.24) is 9.80 Å². The molecule has 7 heteroatoms. The molecule has 2 aliphatic rings. The molecule has 4 rings (SSSR count). The van der Waals surface area contributed by atoms with E-state index in [1.54, 1.807) is 16.9 Å². The molecule has 0 N–H and O–H groups in total. The number of nitrogens with zero attached hydrogens (tertiary/aromatic N) is 4. The Hall–Kier alpha value is -3.22. The van der Waals surface area contributed by atoms with Crippen molar-refractivity contribution in [3.63, 3.8) is 0 Å². The van der Waals surface area contributed by atoms with Crippen LogP contribution < -0.4 is 14.5 Å². The molecular weight excluding hydrogens is 368 g/mol. The first kappa shape index (κ1) is 19.1. The Morgan fingerprint density at radius 2 is 1.62 bits per heavy atom. The van der Waals surface area contributed by atoms with Gasteiger partial charge in [0.2, 0.25) is 5.91 Å². The summed E-state index contributed by atoms with van der Waals surface area (Å²) in [7, 11) is 1.66. The second-order valence-corrected chi connectivity index (χ2v) is 7.26. The second kappa shape index (κ2) is 8.43. The van der Waals surface area contributed by atoms with Crippen LogP contribution in [0.25, 0.3) is 0 Å². The molecule has 29 heavy (non-hydrogen) atoms. The largest absolute Gasteiger partial charge is 0.497 e. The number of benzene rings is 2. The lowest BCUT2D eigenvalue weighted by Gasteiger charge is -2.36. The lowest BCUT2D eigenvalue weighted by molar-refractivity contribution is -0.131. The topological polar surface area (TPSA) is 56.3 Å². The predicted molar refractivity (Wildman–Crippen MR) is 113 cm³/mol. The van der Waals surface area contributed by atoms with Gasteiger partial charge in [0.1, 0.15) is 12.3 Å². The number of hydrogen-bond acceptors (Lipinski definition) is 4. The zero-order valence-corrected chi connectivity index (χ0v) is 16.7. The van der Waals surface area contributed by atoms with Crippen LogP contribution in [0.1, 0.15) is 0 Å². The first-order valence-corrected chi connectivity index (χ1v) is 9.94. The van der Waals surface area contributed by atoms with Crippen LogP contribution in [-0.2, 0) is 4.79 Å². The summed E-state index contributed by atoms with van der Waals surface area (Å²) in [5.74, 6) is 0.843. The van der Waals surface area contributed by atoms with Crippen LogP contribution in [0.15, 0.2) is 54.6 Å². The minimum atomic E-state index is -0.0976. The van der Waals surface area contributed by atoms with Gasteiger partial charge in [0.05, 0.1) is 7.11 Å². The van der Waals surface area contributed by atoms with E-state index in [4.69, 9.17) is 4.74 Å². The van der Waals surface area contributed by atoms with Crippen LogP contribution in [0, 0.1) is 0 Å². The fourth-order valence-electron chi connectivity index (χ4n) is 3.86. The third-order valence-electron chi connectivity index (χ3n) is 5.54. The molecule has 2 saturated heterocycles. The van der Waals surface area contributed by atoms with Gasteiger partial charge < -0.3 is 19.4 Å². The van der Waals surface area contributed by atoms with Gasteiger partial charge >= 0.3 is 6.03 Å². The van der Waals surface area contributed by atoms with Crippen molar-refractivity contribution in [3.8, 4) is 5.75 Å². The number of hydrogen-bond donors (Lipinski definition) is 0. The van der Waals surface area contributed by atoms with E-state index in [2.05, 4.69) is 11.0 Å². The highest BCUT2D eigenvalue weighted by Gasteiger charge is 2.32. The summed E-state index contributed by atoms with van der Waals surface area (Å²) in [5.41, 5.74) is 1.98. The molecule has 0 saturated carbocycles. The average Bonchev–Trinajstić information content (AvgIpc) is 3.14. The number of carbonyl (C=O) groups excluding carboxylic acids is 2. The Morgan fingerprint density at radius 3 is 2.34 bits per heavy atom. The summed E-state index contributed by atoms with van der Waals surface area (Å²) < 4.78 is 5.30. The standard InChI is InChI=1S/C22H26N4O3/c1-29-20-9-5-8-19(16-20)23-10-12-24(13-11-23)21(27)17-25-14-15-26(22(25)28)18-6-3-2-4-7-18/h2-9,16H,10-15,17H2,1H3. The average molecular weight is 394 g/mol. The highest BCUT2D eigenvalue weighted by atomic mass is 16.5. The molecule has 2 aromatic carbocycles. The number of ether oxygens (including phenoxy) is 1. The number of para-hydroxylation sites is 1. The Balaban J connectivity index is 1.30. The Labute approximate surface area is 171 Å². The lowest BCUT2D eigenvalue weighted by Crippen LogP contribution is -2.51. The predicted octanol–water partition coefficient (Wildman–Crippen LogP) is 2.29. The first-order chi connectivity index (χ1) is 14.2.